The number of aliphatic hydroxyl groups is 1. The molecule has 1 aromatic rings. The van der Waals surface area contributed by atoms with Gasteiger partial charge >= 0.3 is 0 Å². The Labute approximate surface area is 119 Å². The summed E-state index contributed by atoms with van der Waals surface area (Å²) in [6.07, 6.45) is 6.87. The number of aliphatic hydroxyl groups excluding tert-OH is 1. The molecule has 0 amide bonds. The first kappa shape index (κ1) is 14.1. The van der Waals surface area contributed by atoms with E-state index in [4.69, 9.17) is 0 Å². The van der Waals surface area contributed by atoms with Crippen LogP contribution in [0.15, 0.2) is 6.20 Å². The van der Waals surface area contributed by atoms with E-state index in [9.17, 15) is 13.5 Å². The summed E-state index contributed by atoms with van der Waals surface area (Å²) in [4.78, 5) is 4.44. The van der Waals surface area contributed by atoms with E-state index in [0.717, 1.165) is 44.5 Å². The average molecular weight is 298 g/mol. The molecule has 2 aliphatic rings. The van der Waals surface area contributed by atoms with E-state index < -0.39 is 9.84 Å². The molecule has 0 spiro atoms. The van der Waals surface area contributed by atoms with Gasteiger partial charge in [-0.05, 0) is 25.7 Å². The molecule has 112 valence electrons. The van der Waals surface area contributed by atoms with Gasteiger partial charge in [0.1, 0.15) is 5.82 Å². The zero-order valence-electron chi connectivity index (χ0n) is 11.7. The van der Waals surface area contributed by atoms with E-state index in [-0.39, 0.29) is 17.8 Å². The van der Waals surface area contributed by atoms with Gasteiger partial charge in [0.2, 0.25) is 0 Å². The zero-order chi connectivity index (χ0) is 14.2. The smallest absolute Gasteiger partial charge is 0.153 e. The lowest BCUT2D eigenvalue weighted by molar-refractivity contribution is 0.190. The number of sulfone groups is 1. The minimum atomic E-state index is -2.95. The SMILES string of the molecule is O=S1(=O)CCCCC1Cc1ncc2n1CC(CO)CC2. The van der Waals surface area contributed by atoms with Crippen molar-refractivity contribution in [3.8, 4) is 0 Å². The van der Waals surface area contributed by atoms with Crippen LogP contribution in [-0.4, -0.2) is 40.7 Å². The standard InChI is InChI=1S/C14H22N2O3S/c17-10-11-4-5-12-8-15-14(16(12)9-11)7-13-3-1-2-6-20(13,18)19/h8,11,13,17H,1-7,9-10H2. The van der Waals surface area contributed by atoms with Crippen molar-refractivity contribution in [3.63, 3.8) is 0 Å². The Hall–Kier alpha value is -0.880. The first-order chi connectivity index (χ1) is 9.60. The molecule has 1 aromatic heterocycles. The Bertz CT molecular complexity index is 579. The molecule has 0 saturated carbocycles. The maximum atomic E-state index is 12.1. The fourth-order valence-electron chi connectivity index (χ4n) is 3.34. The number of aryl methyl sites for hydroxylation is 1. The van der Waals surface area contributed by atoms with Crippen LogP contribution in [0.3, 0.4) is 0 Å². The van der Waals surface area contributed by atoms with E-state index in [0.29, 0.717) is 12.2 Å². The molecular weight excluding hydrogens is 276 g/mol. The Kier molecular flexibility index (Phi) is 3.86. The molecule has 3 heterocycles. The fraction of sp³-hybridized carbons (Fsp3) is 0.786. The van der Waals surface area contributed by atoms with Crippen LogP contribution in [0.5, 0.6) is 0 Å². The van der Waals surface area contributed by atoms with Gasteiger partial charge in [0, 0.05) is 37.4 Å². The predicted molar refractivity (Wildman–Crippen MR) is 76.3 cm³/mol. The maximum absolute atomic E-state index is 12.1. The van der Waals surface area contributed by atoms with Crippen molar-refractivity contribution >= 4 is 9.84 Å². The number of nitrogens with zero attached hydrogens (tertiary/aromatic N) is 2. The van der Waals surface area contributed by atoms with Crippen LogP contribution in [0.2, 0.25) is 0 Å². The van der Waals surface area contributed by atoms with Gasteiger partial charge in [0.15, 0.2) is 9.84 Å². The molecule has 0 aliphatic carbocycles. The highest BCUT2D eigenvalue weighted by Crippen LogP contribution is 2.26. The molecule has 1 N–H and O–H groups in total. The number of hydrogen-bond acceptors (Lipinski definition) is 4. The van der Waals surface area contributed by atoms with Crippen molar-refractivity contribution in [2.45, 2.75) is 50.3 Å². The molecule has 1 fully saturated rings. The van der Waals surface area contributed by atoms with Gasteiger partial charge in [-0.2, -0.15) is 0 Å². The summed E-state index contributed by atoms with van der Waals surface area (Å²) in [5.74, 6) is 1.48. The molecule has 3 rings (SSSR count). The zero-order valence-corrected chi connectivity index (χ0v) is 12.5. The van der Waals surface area contributed by atoms with Crippen LogP contribution in [0.4, 0.5) is 0 Å². The average Bonchev–Trinajstić information content (AvgIpc) is 2.83. The molecule has 2 atom stereocenters. The lowest BCUT2D eigenvalue weighted by Crippen LogP contribution is -2.32. The maximum Gasteiger partial charge on any atom is 0.153 e. The Morgan fingerprint density at radius 1 is 1.35 bits per heavy atom. The van der Waals surface area contributed by atoms with E-state index in [1.807, 2.05) is 6.20 Å². The normalized spacial score (nSPS) is 29.1. The topological polar surface area (TPSA) is 72.2 Å². The largest absolute Gasteiger partial charge is 0.396 e. The molecule has 2 aliphatic heterocycles. The van der Waals surface area contributed by atoms with Crippen molar-refractivity contribution in [2.24, 2.45) is 5.92 Å². The van der Waals surface area contributed by atoms with Gasteiger partial charge in [-0.3, -0.25) is 0 Å². The Morgan fingerprint density at radius 3 is 2.95 bits per heavy atom. The first-order valence-electron chi connectivity index (χ1n) is 7.46. The third-order valence-electron chi connectivity index (χ3n) is 4.65. The van der Waals surface area contributed by atoms with E-state index in [1.54, 1.807) is 0 Å². The number of rotatable bonds is 3. The molecule has 0 radical (unpaired) electrons. The van der Waals surface area contributed by atoms with Crippen LogP contribution < -0.4 is 0 Å². The Morgan fingerprint density at radius 2 is 2.20 bits per heavy atom. The van der Waals surface area contributed by atoms with Crippen molar-refractivity contribution in [2.75, 3.05) is 12.4 Å². The van der Waals surface area contributed by atoms with Crippen molar-refractivity contribution in [1.82, 2.24) is 9.55 Å². The molecule has 2 unspecified atom stereocenters. The molecule has 0 bridgehead atoms. The van der Waals surface area contributed by atoms with Gasteiger partial charge < -0.3 is 9.67 Å². The quantitative estimate of drug-likeness (QED) is 0.901. The van der Waals surface area contributed by atoms with Crippen molar-refractivity contribution in [3.05, 3.63) is 17.7 Å². The van der Waals surface area contributed by atoms with Crippen LogP contribution in [0.25, 0.3) is 0 Å². The van der Waals surface area contributed by atoms with Gasteiger partial charge in [-0.15, -0.1) is 0 Å². The van der Waals surface area contributed by atoms with E-state index >= 15 is 0 Å². The monoisotopic (exact) mass is 298 g/mol. The van der Waals surface area contributed by atoms with Gasteiger partial charge in [-0.25, -0.2) is 13.4 Å². The third-order valence-corrected chi connectivity index (χ3v) is 6.93. The van der Waals surface area contributed by atoms with Crippen LogP contribution in [-0.2, 0) is 29.2 Å². The second-order valence-corrected chi connectivity index (χ2v) is 8.45. The van der Waals surface area contributed by atoms with E-state index in [1.165, 1.54) is 5.69 Å². The van der Waals surface area contributed by atoms with Crippen LogP contribution in [0, 0.1) is 5.92 Å². The number of aromatic nitrogens is 2. The minimum Gasteiger partial charge on any atom is -0.396 e. The number of fused-ring (bicyclic) bond motifs is 1. The van der Waals surface area contributed by atoms with Gasteiger partial charge in [0.25, 0.3) is 0 Å². The lowest BCUT2D eigenvalue weighted by Gasteiger charge is -2.26. The van der Waals surface area contributed by atoms with Gasteiger partial charge in [0.05, 0.1) is 11.0 Å². The minimum absolute atomic E-state index is 0.193. The van der Waals surface area contributed by atoms with Crippen molar-refractivity contribution < 1.29 is 13.5 Å². The molecule has 20 heavy (non-hydrogen) atoms. The summed E-state index contributed by atoms with van der Waals surface area (Å²) in [5.41, 5.74) is 1.18. The molecule has 5 nitrogen and oxygen atoms in total. The lowest BCUT2D eigenvalue weighted by atomic mass is 9.99. The highest BCUT2D eigenvalue weighted by atomic mass is 32.2. The second kappa shape index (κ2) is 5.48. The summed E-state index contributed by atoms with van der Waals surface area (Å²) in [6.45, 7) is 0.965. The molecule has 0 aromatic carbocycles. The number of imidazole rings is 1. The van der Waals surface area contributed by atoms with Crippen molar-refractivity contribution in [1.29, 1.82) is 0 Å². The molecular formula is C14H22N2O3S. The third kappa shape index (κ3) is 2.63. The summed E-state index contributed by atoms with van der Waals surface area (Å²) < 4.78 is 26.4. The van der Waals surface area contributed by atoms with Crippen LogP contribution in [0.1, 0.15) is 37.2 Å². The summed E-state index contributed by atoms with van der Waals surface area (Å²) >= 11 is 0. The highest BCUT2D eigenvalue weighted by molar-refractivity contribution is 7.92. The summed E-state index contributed by atoms with van der Waals surface area (Å²) in [5, 5.41) is 9.05. The number of hydrogen-bond donors (Lipinski definition) is 1. The Balaban J connectivity index is 1.80. The summed E-state index contributed by atoms with van der Waals surface area (Å²) in [6, 6.07) is 0. The fourth-order valence-corrected chi connectivity index (χ4v) is 5.21. The molecule has 6 heteroatoms. The summed E-state index contributed by atoms with van der Waals surface area (Å²) in [7, 11) is -2.95. The predicted octanol–water partition coefficient (Wildman–Crippen LogP) is 0.948. The van der Waals surface area contributed by atoms with E-state index in [2.05, 4.69) is 9.55 Å². The first-order valence-corrected chi connectivity index (χ1v) is 9.17. The van der Waals surface area contributed by atoms with Crippen LogP contribution >= 0.6 is 0 Å². The molecule has 1 saturated heterocycles. The highest BCUT2D eigenvalue weighted by Gasteiger charge is 2.31. The second-order valence-electron chi connectivity index (χ2n) is 6.05. The van der Waals surface area contributed by atoms with Gasteiger partial charge in [-0.1, -0.05) is 6.42 Å².